The molecule has 0 spiro atoms. The lowest BCUT2D eigenvalue weighted by Crippen LogP contribution is -2.32. The third-order valence-corrected chi connectivity index (χ3v) is 6.19. The number of hydrogen-bond donors (Lipinski definition) is 1. The molecule has 0 atom stereocenters. The molecule has 0 saturated carbocycles. The van der Waals surface area contributed by atoms with E-state index in [2.05, 4.69) is 5.32 Å². The Labute approximate surface area is 189 Å². The molecule has 5 nitrogen and oxygen atoms in total. The van der Waals surface area contributed by atoms with Gasteiger partial charge in [-0.3, -0.25) is 9.59 Å². The van der Waals surface area contributed by atoms with Crippen molar-refractivity contribution in [2.45, 2.75) is 6.92 Å². The van der Waals surface area contributed by atoms with Crippen molar-refractivity contribution in [1.82, 2.24) is 0 Å². The van der Waals surface area contributed by atoms with Crippen LogP contribution < -0.4 is 15.0 Å². The molecule has 3 aromatic carbocycles. The van der Waals surface area contributed by atoms with E-state index < -0.39 is 0 Å². The highest BCUT2D eigenvalue weighted by Crippen LogP contribution is 2.39. The van der Waals surface area contributed by atoms with Crippen LogP contribution in [0.25, 0.3) is 16.3 Å². The molecule has 1 N–H and O–H groups in total. The molecule has 0 aliphatic carbocycles. The van der Waals surface area contributed by atoms with Crippen molar-refractivity contribution in [3.05, 3.63) is 94.8 Å². The van der Waals surface area contributed by atoms with Crippen LogP contribution in [0.2, 0.25) is 0 Å². The van der Waals surface area contributed by atoms with Gasteiger partial charge < -0.3 is 10.1 Å². The predicted molar refractivity (Wildman–Crippen MR) is 129 cm³/mol. The maximum absolute atomic E-state index is 13.7. The van der Waals surface area contributed by atoms with Crippen LogP contribution in [0, 0.1) is 0 Å². The van der Waals surface area contributed by atoms with Crippen molar-refractivity contribution in [2.24, 2.45) is 0 Å². The van der Waals surface area contributed by atoms with Gasteiger partial charge in [0.1, 0.15) is 11.4 Å². The number of nitrogens with zero attached hydrogens (tertiary/aromatic N) is 1. The SMILES string of the molecule is CCOc1ccccc1NC1=C(c2cccs2)C(=O)N(c2cccc3ccccc23)C1=O. The van der Waals surface area contributed by atoms with Crippen LogP contribution in [0.15, 0.2) is 89.9 Å². The molecule has 0 radical (unpaired) electrons. The lowest BCUT2D eigenvalue weighted by atomic mass is 10.1. The van der Waals surface area contributed by atoms with Crippen molar-refractivity contribution in [3.63, 3.8) is 0 Å². The normalized spacial score (nSPS) is 13.8. The van der Waals surface area contributed by atoms with E-state index >= 15 is 0 Å². The Hall–Kier alpha value is -3.90. The Morgan fingerprint density at radius 2 is 1.66 bits per heavy atom. The zero-order valence-electron chi connectivity index (χ0n) is 17.4. The number of anilines is 2. The van der Waals surface area contributed by atoms with E-state index in [0.717, 1.165) is 15.6 Å². The van der Waals surface area contributed by atoms with Crippen molar-refractivity contribution in [2.75, 3.05) is 16.8 Å². The molecular formula is C26H20N2O3S. The van der Waals surface area contributed by atoms with Gasteiger partial charge in [-0.05, 0) is 42.0 Å². The number of rotatable bonds is 6. The summed E-state index contributed by atoms with van der Waals surface area (Å²) >= 11 is 1.43. The van der Waals surface area contributed by atoms with E-state index in [9.17, 15) is 9.59 Å². The van der Waals surface area contributed by atoms with Crippen molar-refractivity contribution >= 4 is 50.9 Å². The minimum atomic E-state index is -0.388. The highest BCUT2D eigenvalue weighted by molar-refractivity contribution is 7.11. The number of benzene rings is 3. The van der Waals surface area contributed by atoms with E-state index in [1.807, 2.05) is 85.1 Å². The van der Waals surface area contributed by atoms with E-state index in [1.54, 1.807) is 6.07 Å². The molecule has 32 heavy (non-hydrogen) atoms. The molecule has 0 saturated heterocycles. The van der Waals surface area contributed by atoms with Gasteiger partial charge in [0.15, 0.2) is 0 Å². The standard InChI is InChI=1S/C26H20N2O3S/c1-2-31-21-14-6-5-12-19(21)27-24-23(22-15-8-16-32-22)25(29)28(26(24)30)20-13-7-10-17-9-3-4-11-18(17)20/h3-16,27H,2H2,1H3. The lowest BCUT2D eigenvalue weighted by Gasteiger charge is -2.18. The average Bonchev–Trinajstić information content (AvgIpc) is 3.42. The van der Waals surface area contributed by atoms with Gasteiger partial charge >= 0.3 is 0 Å². The summed E-state index contributed by atoms with van der Waals surface area (Å²) in [6.45, 7) is 2.39. The average molecular weight is 441 g/mol. The number of imide groups is 1. The maximum Gasteiger partial charge on any atom is 0.282 e. The summed E-state index contributed by atoms with van der Waals surface area (Å²) in [6.07, 6.45) is 0. The summed E-state index contributed by atoms with van der Waals surface area (Å²) in [5.74, 6) is -0.108. The van der Waals surface area contributed by atoms with Crippen molar-refractivity contribution < 1.29 is 14.3 Å². The number of amides is 2. The Bertz CT molecular complexity index is 1350. The molecule has 0 unspecified atom stereocenters. The highest BCUT2D eigenvalue weighted by atomic mass is 32.1. The molecule has 2 heterocycles. The number of thiophene rings is 1. The number of carbonyl (C=O) groups is 2. The van der Waals surface area contributed by atoms with Gasteiger partial charge in [0.05, 0.1) is 23.6 Å². The minimum Gasteiger partial charge on any atom is -0.492 e. The number of hydrogen-bond acceptors (Lipinski definition) is 5. The van der Waals surface area contributed by atoms with Crippen LogP contribution in [0.5, 0.6) is 5.75 Å². The quantitative estimate of drug-likeness (QED) is 0.391. The summed E-state index contributed by atoms with van der Waals surface area (Å²) in [4.78, 5) is 29.3. The molecule has 1 aromatic heterocycles. The molecule has 1 aliphatic rings. The van der Waals surface area contributed by atoms with E-state index in [0.29, 0.717) is 29.3 Å². The summed E-state index contributed by atoms with van der Waals surface area (Å²) < 4.78 is 5.71. The van der Waals surface area contributed by atoms with Gasteiger partial charge in [-0.1, -0.05) is 54.6 Å². The maximum atomic E-state index is 13.7. The first-order valence-electron chi connectivity index (χ1n) is 10.3. The molecule has 0 bridgehead atoms. The molecule has 4 aromatic rings. The summed E-state index contributed by atoms with van der Waals surface area (Å²) in [5, 5.41) is 6.91. The fourth-order valence-electron chi connectivity index (χ4n) is 3.90. The monoisotopic (exact) mass is 440 g/mol. The second kappa shape index (κ2) is 8.32. The molecule has 2 amide bonds. The predicted octanol–water partition coefficient (Wildman–Crippen LogP) is 5.70. The summed E-state index contributed by atoms with van der Waals surface area (Å²) in [5.41, 5.74) is 1.82. The third kappa shape index (κ3) is 3.35. The Morgan fingerprint density at radius 3 is 2.47 bits per heavy atom. The molecule has 1 aliphatic heterocycles. The number of para-hydroxylation sites is 2. The van der Waals surface area contributed by atoms with Gasteiger partial charge in [0, 0.05) is 10.3 Å². The first kappa shape index (κ1) is 20.0. The number of fused-ring (bicyclic) bond motifs is 1. The van der Waals surface area contributed by atoms with Gasteiger partial charge in [0.25, 0.3) is 11.8 Å². The van der Waals surface area contributed by atoms with Gasteiger partial charge in [-0.2, -0.15) is 0 Å². The number of carbonyl (C=O) groups excluding carboxylic acids is 2. The highest BCUT2D eigenvalue weighted by Gasteiger charge is 2.41. The lowest BCUT2D eigenvalue weighted by molar-refractivity contribution is -0.120. The molecule has 6 heteroatoms. The van der Waals surface area contributed by atoms with E-state index in [1.165, 1.54) is 16.2 Å². The van der Waals surface area contributed by atoms with Crippen molar-refractivity contribution in [3.8, 4) is 5.75 Å². The topological polar surface area (TPSA) is 58.6 Å². The van der Waals surface area contributed by atoms with Gasteiger partial charge in [0.2, 0.25) is 0 Å². The van der Waals surface area contributed by atoms with Crippen LogP contribution in [0.1, 0.15) is 11.8 Å². The molecular weight excluding hydrogens is 420 g/mol. The second-order valence-electron chi connectivity index (χ2n) is 7.23. The Balaban J connectivity index is 1.64. The zero-order chi connectivity index (χ0) is 22.1. The first-order valence-corrected chi connectivity index (χ1v) is 11.2. The van der Waals surface area contributed by atoms with Crippen LogP contribution in [-0.2, 0) is 9.59 Å². The molecule has 158 valence electrons. The zero-order valence-corrected chi connectivity index (χ0v) is 18.2. The first-order chi connectivity index (χ1) is 15.7. The number of nitrogens with one attached hydrogen (secondary N) is 1. The van der Waals surface area contributed by atoms with E-state index in [-0.39, 0.29) is 17.5 Å². The van der Waals surface area contributed by atoms with Crippen LogP contribution in [0.3, 0.4) is 0 Å². The Morgan fingerprint density at radius 1 is 0.875 bits per heavy atom. The van der Waals surface area contributed by atoms with Crippen LogP contribution in [-0.4, -0.2) is 18.4 Å². The smallest absolute Gasteiger partial charge is 0.282 e. The molecule has 0 fully saturated rings. The largest absolute Gasteiger partial charge is 0.492 e. The third-order valence-electron chi connectivity index (χ3n) is 5.31. The minimum absolute atomic E-state index is 0.248. The van der Waals surface area contributed by atoms with Gasteiger partial charge in [-0.15, -0.1) is 11.3 Å². The Kier molecular flexibility index (Phi) is 5.21. The summed E-state index contributed by atoms with van der Waals surface area (Å²) in [7, 11) is 0. The van der Waals surface area contributed by atoms with Crippen molar-refractivity contribution in [1.29, 1.82) is 0 Å². The van der Waals surface area contributed by atoms with Gasteiger partial charge in [-0.25, -0.2) is 4.90 Å². The fraction of sp³-hybridized carbons (Fsp3) is 0.0769. The second-order valence-corrected chi connectivity index (χ2v) is 8.17. The fourth-order valence-corrected chi connectivity index (χ4v) is 4.67. The van der Waals surface area contributed by atoms with Crippen LogP contribution in [0.4, 0.5) is 11.4 Å². The molecule has 5 rings (SSSR count). The van der Waals surface area contributed by atoms with E-state index in [4.69, 9.17) is 4.74 Å². The van der Waals surface area contributed by atoms with Crippen LogP contribution >= 0.6 is 11.3 Å². The summed E-state index contributed by atoms with van der Waals surface area (Å²) in [6, 6.07) is 24.5. The number of ether oxygens (including phenoxy) is 1.